The fourth-order valence-corrected chi connectivity index (χ4v) is 4.24. The van der Waals surface area contributed by atoms with Crippen LogP contribution in [0.3, 0.4) is 0 Å². The summed E-state index contributed by atoms with van der Waals surface area (Å²) in [5.74, 6) is -2.18. The van der Waals surface area contributed by atoms with Crippen molar-refractivity contribution in [1.29, 1.82) is 0 Å². The van der Waals surface area contributed by atoms with Gasteiger partial charge in [-0.25, -0.2) is 0 Å². The van der Waals surface area contributed by atoms with Crippen molar-refractivity contribution < 1.29 is 42.9 Å². The van der Waals surface area contributed by atoms with Gasteiger partial charge in [0.25, 0.3) is 0 Å². The van der Waals surface area contributed by atoms with Gasteiger partial charge in [0.15, 0.2) is 12.2 Å². The molecule has 0 bridgehead atoms. The van der Waals surface area contributed by atoms with E-state index in [1.54, 1.807) is 0 Å². The molecule has 1 aliphatic heterocycles. The van der Waals surface area contributed by atoms with Crippen LogP contribution in [0.4, 0.5) is 0 Å². The van der Waals surface area contributed by atoms with Crippen LogP contribution < -0.4 is 0 Å². The summed E-state index contributed by atoms with van der Waals surface area (Å²) in [5.41, 5.74) is 1.93. The maximum absolute atomic E-state index is 12.8. The van der Waals surface area contributed by atoms with Crippen LogP contribution in [-0.2, 0) is 49.3 Å². The monoisotopic (exact) mass is 531 g/mol. The molecule has 1 unspecified atom stereocenters. The zero-order chi connectivity index (χ0) is 27.5. The van der Waals surface area contributed by atoms with E-state index in [1.807, 2.05) is 51.2 Å². The summed E-state index contributed by atoms with van der Waals surface area (Å²) in [6.45, 7) is 5.27. The number of fused-ring (bicyclic) bond motifs is 1. The molecule has 10 heteroatoms. The van der Waals surface area contributed by atoms with Crippen molar-refractivity contribution in [2.75, 3.05) is 6.61 Å². The number of para-hydroxylation sites is 1. The summed E-state index contributed by atoms with van der Waals surface area (Å²) in [5, 5.41) is 1.01. The summed E-state index contributed by atoms with van der Waals surface area (Å²) < 4.78 is 28.0. The van der Waals surface area contributed by atoms with Gasteiger partial charge in [-0.15, -0.1) is 0 Å². The molecule has 1 aromatic heterocycles. The molecule has 1 saturated heterocycles. The van der Waals surface area contributed by atoms with Gasteiger partial charge in [-0.3, -0.25) is 19.2 Å². The molecule has 10 nitrogen and oxygen atoms in total. The Morgan fingerprint density at radius 3 is 2.03 bits per heavy atom. The van der Waals surface area contributed by atoms with Crippen LogP contribution in [0.2, 0.25) is 0 Å². The van der Waals surface area contributed by atoms with Crippen LogP contribution in [0.5, 0.6) is 0 Å². The number of carbonyl (C=O) groups excluding carboxylic acids is 4. The number of hydrogen-bond donors (Lipinski definition) is 1. The van der Waals surface area contributed by atoms with Gasteiger partial charge in [-0.2, -0.15) is 0 Å². The lowest BCUT2D eigenvalue weighted by molar-refractivity contribution is -0.275. The largest absolute Gasteiger partial charge is 0.456 e. The minimum atomic E-state index is -1.33. The fourth-order valence-electron chi connectivity index (χ4n) is 4.24. The van der Waals surface area contributed by atoms with Gasteiger partial charge >= 0.3 is 23.9 Å². The lowest BCUT2D eigenvalue weighted by Gasteiger charge is -2.40. The second-order valence-corrected chi connectivity index (χ2v) is 9.24. The molecule has 2 heterocycles. The van der Waals surface area contributed by atoms with Crippen molar-refractivity contribution >= 4 is 34.8 Å². The van der Waals surface area contributed by atoms with E-state index in [9.17, 15) is 19.2 Å². The summed E-state index contributed by atoms with van der Waals surface area (Å²) in [7, 11) is 0. The van der Waals surface area contributed by atoms with Crippen LogP contribution in [0.1, 0.15) is 71.3 Å². The number of hydrogen-bond acceptors (Lipinski definition) is 9. The highest BCUT2D eigenvalue weighted by Crippen LogP contribution is 2.27. The van der Waals surface area contributed by atoms with E-state index in [2.05, 4.69) is 4.98 Å². The zero-order valence-corrected chi connectivity index (χ0v) is 22.2. The molecule has 1 fully saturated rings. The normalized spacial score (nSPS) is 21.0. The molecule has 2 aromatic rings. The quantitative estimate of drug-likeness (QED) is 0.299. The first-order valence-corrected chi connectivity index (χ1v) is 13.3. The number of ether oxygens (including phenoxy) is 5. The molecule has 38 heavy (non-hydrogen) atoms. The van der Waals surface area contributed by atoms with E-state index < -0.39 is 48.5 Å². The predicted octanol–water partition coefficient (Wildman–Crippen LogP) is 4.14. The van der Waals surface area contributed by atoms with Crippen molar-refractivity contribution in [2.45, 2.75) is 96.7 Å². The molecular formula is C28H37NO9. The number of aryl methyl sites for hydroxylation is 1. The highest BCUT2D eigenvalue weighted by Gasteiger charge is 2.49. The SMILES string of the molecule is CCCC(=O)OC1[C@H](OC(=O)CCc2c[nH]c3ccccc23)OC[C@H](OC(=O)CCC)[C@@H]1OC(=O)CCC. The van der Waals surface area contributed by atoms with E-state index in [1.165, 1.54) is 0 Å². The van der Waals surface area contributed by atoms with Crippen LogP contribution in [-0.4, -0.2) is 60.1 Å². The number of aromatic nitrogens is 1. The highest BCUT2D eigenvalue weighted by molar-refractivity contribution is 5.83. The Bertz CT molecular complexity index is 1090. The van der Waals surface area contributed by atoms with Crippen LogP contribution in [0.25, 0.3) is 10.9 Å². The Morgan fingerprint density at radius 1 is 0.789 bits per heavy atom. The van der Waals surface area contributed by atoms with Crippen LogP contribution in [0.15, 0.2) is 30.5 Å². The van der Waals surface area contributed by atoms with Crippen molar-refractivity contribution in [3.8, 4) is 0 Å². The van der Waals surface area contributed by atoms with Crippen LogP contribution >= 0.6 is 0 Å². The smallest absolute Gasteiger partial charge is 0.308 e. The van der Waals surface area contributed by atoms with E-state index >= 15 is 0 Å². The first kappa shape index (κ1) is 29.2. The third-order valence-electron chi connectivity index (χ3n) is 6.08. The average Bonchev–Trinajstić information content (AvgIpc) is 3.29. The number of benzene rings is 1. The van der Waals surface area contributed by atoms with Crippen molar-refractivity contribution in [1.82, 2.24) is 4.98 Å². The summed E-state index contributed by atoms with van der Waals surface area (Å²) in [6.07, 6.45) is -0.483. The first-order chi connectivity index (χ1) is 18.4. The molecule has 1 aromatic carbocycles. The summed E-state index contributed by atoms with van der Waals surface area (Å²) in [4.78, 5) is 53.1. The number of esters is 4. The Balaban J connectivity index is 1.75. The Morgan fingerprint density at radius 2 is 1.37 bits per heavy atom. The standard InChI is InChI=1S/C28H37NO9/c1-4-9-22(30)35-21-17-34-28(27(37-24(32)11-6-3)26(21)36-23(31)10-5-2)38-25(33)15-14-18-16-29-20-13-8-7-12-19(18)20/h7-8,12-13,16,21,26-29H,4-6,9-11,14-15,17H2,1-3H3/t21-,26-,27?,28-/m0/s1. The lowest BCUT2D eigenvalue weighted by Crippen LogP contribution is -2.58. The molecule has 1 aliphatic rings. The van der Waals surface area contributed by atoms with E-state index in [0.717, 1.165) is 16.5 Å². The number of H-pyrrole nitrogens is 1. The molecular weight excluding hydrogens is 494 g/mol. The fraction of sp³-hybridized carbons (Fsp3) is 0.571. The number of rotatable bonds is 13. The maximum Gasteiger partial charge on any atom is 0.308 e. The average molecular weight is 532 g/mol. The van der Waals surface area contributed by atoms with Crippen LogP contribution in [0, 0.1) is 0 Å². The van der Waals surface area contributed by atoms with Gasteiger partial charge in [0.05, 0.1) is 6.61 Å². The second-order valence-electron chi connectivity index (χ2n) is 9.24. The van der Waals surface area contributed by atoms with E-state index in [-0.39, 0.29) is 32.3 Å². The molecule has 0 aliphatic carbocycles. The van der Waals surface area contributed by atoms with Gasteiger partial charge in [-0.05, 0) is 37.3 Å². The second kappa shape index (κ2) is 14.5. The third kappa shape index (κ3) is 8.05. The molecule has 1 N–H and O–H groups in total. The number of carbonyl (C=O) groups is 4. The summed E-state index contributed by atoms with van der Waals surface area (Å²) in [6, 6.07) is 7.77. The Kier molecular flexibility index (Phi) is 11.1. The van der Waals surface area contributed by atoms with Gasteiger partial charge in [-0.1, -0.05) is 39.0 Å². The van der Waals surface area contributed by atoms with Crippen molar-refractivity contribution in [2.24, 2.45) is 0 Å². The number of nitrogens with one attached hydrogen (secondary N) is 1. The van der Waals surface area contributed by atoms with Crippen molar-refractivity contribution in [3.63, 3.8) is 0 Å². The van der Waals surface area contributed by atoms with Gasteiger partial charge < -0.3 is 28.7 Å². The minimum absolute atomic E-state index is 0.0482. The third-order valence-corrected chi connectivity index (χ3v) is 6.08. The van der Waals surface area contributed by atoms with E-state index in [4.69, 9.17) is 23.7 Å². The molecule has 0 spiro atoms. The van der Waals surface area contributed by atoms with E-state index in [0.29, 0.717) is 25.7 Å². The molecule has 3 rings (SSSR count). The molecule has 0 amide bonds. The highest BCUT2D eigenvalue weighted by atomic mass is 16.7. The molecule has 0 radical (unpaired) electrons. The van der Waals surface area contributed by atoms with Crippen molar-refractivity contribution in [3.05, 3.63) is 36.0 Å². The van der Waals surface area contributed by atoms with Gasteiger partial charge in [0.1, 0.15) is 0 Å². The topological polar surface area (TPSA) is 130 Å². The molecule has 0 saturated carbocycles. The molecule has 4 atom stereocenters. The Labute approximate surface area is 222 Å². The lowest BCUT2D eigenvalue weighted by atomic mass is 10.0. The van der Waals surface area contributed by atoms with Gasteiger partial charge in [0, 0.05) is 42.8 Å². The summed E-state index contributed by atoms with van der Waals surface area (Å²) >= 11 is 0. The molecule has 208 valence electrons. The minimum Gasteiger partial charge on any atom is -0.456 e. The predicted molar refractivity (Wildman–Crippen MR) is 137 cm³/mol. The zero-order valence-electron chi connectivity index (χ0n) is 22.2. The Hall–Kier alpha value is -3.40. The van der Waals surface area contributed by atoms with Gasteiger partial charge in [0.2, 0.25) is 12.4 Å². The first-order valence-electron chi connectivity index (χ1n) is 13.3. The maximum atomic E-state index is 12.8. The number of aromatic amines is 1.